The summed E-state index contributed by atoms with van der Waals surface area (Å²) in [7, 11) is 1.81. The molecule has 0 spiro atoms. The summed E-state index contributed by atoms with van der Waals surface area (Å²) in [6.45, 7) is 5.81. The summed E-state index contributed by atoms with van der Waals surface area (Å²) < 4.78 is 5.51. The van der Waals surface area contributed by atoms with Gasteiger partial charge in [-0.05, 0) is 37.7 Å². The third-order valence-corrected chi connectivity index (χ3v) is 3.39. The van der Waals surface area contributed by atoms with Crippen molar-refractivity contribution < 1.29 is 4.74 Å². The lowest BCUT2D eigenvalue weighted by molar-refractivity contribution is 0.129. The number of halogens is 1. The minimum atomic E-state index is 0. The molecule has 0 rings (SSSR count). The SMILES string of the molecule is CCCCOCCCNC(=NC)NCCCCSC.I. The van der Waals surface area contributed by atoms with Crippen molar-refractivity contribution in [2.24, 2.45) is 4.99 Å². The first-order valence-electron chi connectivity index (χ1n) is 7.36. The van der Waals surface area contributed by atoms with Crippen molar-refractivity contribution in [3.63, 3.8) is 0 Å². The van der Waals surface area contributed by atoms with Gasteiger partial charge in [-0.3, -0.25) is 4.99 Å². The Morgan fingerprint density at radius 3 is 2.30 bits per heavy atom. The Morgan fingerprint density at radius 1 is 1.05 bits per heavy atom. The van der Waals surface area contributed by atoms with E-state index in [2.05, 4.69) is 28.8 Å². The molecule has 0 saturated heterocycles. The van der Waals surface area contributed by atoms with Crippen molar-refractivity contribution in [2.45, 2.75) is 39.0 Å². The number of nitrogens with one attached hydrogen (secondary N) is 2. The average Bonchev–Trinajstić information content (AvgIpc) is 2.44. The van der Waals surface area contributed by atoms with Crippen LogP contribution >= 0.6 is 35.7 Å². The topological polar surface area (TPSA) is 45.6 Å². The number of ether oxygens (including phenoxy) is 1. The third-order valence-electron chi connectivity index (χ3n) is 2.69. The maximum absolute atomic E-state index is 5.51. The van der Waals surface area contributed by atoms with E-state index in [1.807, 2.05) is 18.8 Å². The lowest BCUT2D eigenvalue weighted by Crippen LogP contribution is -2.38. The molecule has 0 unspecified atom stereocenters. The van der Waals surface area contributed by atoms with Crippen LogP contribution in [-0.4, -0.2) is 51.3 Å². The molecule has 6 heteroatoms. The molecule has 0 aliphatic carbocycles. The second-order valence-electron chi connectivity index (χ2n) is 4.45. The molecule has 122 valence electrons. The van der Waals surface area contributed by atoms with E-state index in [1.165, 1.54) is 25.0 Å². The summed E-state index contributed by atoms with van der Waals surface area (Å²) in [6.07, 6.45) is 7.99. The van der Waals surface area contributed by atoms with E-state index in [9.17, 15) is 0 Å². The highest BCUT2D eigenvalue weighted by Crippen LogP contribution is 1.97. The quantitative estimate of drug-likeness (QED) is 0.222. The van der Waals surface area contributed by atoms with Crippen LogP contribution in [0.15, 0.2) is 4.99 Å². The second kappa shape index (κ2) is 19.3. The van der Waals surface area contributed by atoms with Crippen molar-refractivity contribution in [3.05, 3.63) is 0 Å². The molecule has 0 aromatic heterocycles. The van der Waals surface area contributed by atoms with Crippen molar-refractivity contribution >= 4 is 41.7 Å². The van der Waals surface area contributed by atoms with Crippen LogP contribution in [0.25, 0.3) is 0 Å². The van der Waals surface area contributed by atoms with Gasteiger partial charge in [0.25, 0.3) is 0 Å². The van der Waals surface area contributed by atoms with E-state index in [0.717, 1.165) is 45.1 Å². The van der Waals surface area contributed by atoms with Gasteiger partial charge < -0.3 is 15.4 Å². The molecule has 0 fully saturated rings. The monoisotopic (exact) mass is 417 g/mol. The van der Waals surface area contributed by atoms with Gasteiger partial charge in [0.05, 0.1) is 0 Å². The molecule has 0 saturated carbocycles. The summed E-state index contributed by atoms with van der Waals surface area (Å²) >= 11 is 1.90. The van der Waals surface area contributed by atoms with E-state index in [-0.39, 0.29) is 24.0 Å². The van der Waals surface area contributed by atoms with Crippen LogP contribution in [0.2, 0.25) is 0 Å². The minimum Gasteiger partial charge on any atom is -0.381 e. The highest BCUT2D eigenvalue weighted by Gasteiger charge is 1.96. The fourth-order valence-corrected chi connectivity index (χ4v) is 2.02. The zero-order valence-electron chi connectivity index (χ0n) is 13.2. The molecule has 0 aromatic rings. The maximum atomic E-state index is 5.51. The van der Waals surface area contributed by atoms with Crippen LogP contribution in [-0.2, 0) is 4.74 Å². The van der Waals surface area contributed by atoms with E-state index >= 15 is 0 Å². The molecule has 0 atom stereocenters. The summed E-state index contributed by atoms with van der Waals surface area (Å²) in [5.74, 6) is 2.14. The number of thioether (sulfide) groups is 1. The number of aliphatic imine (C=N–C) groups is 1. The Kier molecular flexibility index (Phi) is 21.8. The fourth-order valence-electron chi connectivity index (χ4n) is 1.53. The van der Waals surface area contributed by atoms with Gasteiger partial charge in [-0.1, -0.05) is 13.3 Å². The lowest BCUT2D eigenvalue weighted by atomic mass is 10.3. The summed E-state index contributed by atoms with van der Waals surface area (Å²) in [5, 5.41) is 6.63. The Bertz CT molecular complexity index is 219. The van der Waals surface area contributed by atoms with Gasteiger partial charge in [0, 0.05) is 33.4 Å². The number of rotatable bonds is 12. The summed E-state index contributed by atoms with van der Waals surface area (Å²) in [6, 6.07) is 0. The predicted molar refractivity (Wildman–Crippen MR) is 103 cm³/mol. The number of hydrogen-bond donors (Lipinski definition) is 2. The zero-order valence-corrected chi connectivity index (χ0v) is 16.4. The molecule has 0 radical (unpaired) electrons. The third kappa shape index (κ3) is 16.4. The van der Waals surface area contributed by atoms with E-state index in [4.69, 9.17) is 4.74 Å². The van der Waals surface area contributed by atoms with Crippen LogP contribution in [0.1, 0.15) is 39.0 Å². The Morgan fingerprint density at radius 2 is 1.70 bits per heavy atom. The molecular weight excluding hydrogens is 385 g/mol. The van der Waals surface area contributed by atoms with Crippen molar-refractivity contribution in [1.29, 1.82) is 0 Å². The molecule has 0 heterocycles. The molecule has 4 nitrogen and oxygen atoms in total. The average molecular weight is 417 g/mol. The van der Waals surface area contributed by atoms with Crippen LogP contribution in [0.3, 0.4) is 0 Å². The molecular formula is C14H32IN3OS. The van der Waals surface area contributed by atoms with Crippen LogP contribution in [0, 0.1) is 0 Å². The van der Waals surface area contributed by atoms with E-state index in [0.29, 0.717) is 0 Å². The minimum absolute atomic E-state index is 0. The second-order valence-corrected chi connectivity index (χ2v) is 5.43. The van der Waals surface area contributed by atoms with E-state index in [1.54, 1.807) is 0 Å². The normalized spacial score (nSPS) is 11.1. The Hall–Kier alpha value is 0.310. The van der Waals surface area contributed by atoms with Crippen LogP contribution in [0.5, 0.6) is 0 Å². The van der Waals surface area contributed by atoms with Gasteiger partial charge in [0.2, 0.25) is 0 Å². The molecule has 0 amide bonds. The molecule has 2 N–H and O–H groups in total. The van der Waals surface area contributed by atoms with Gasteiger partial charge in [0.15, 0.2) is 5.96 Å². The number of hydrogen-bond acceptors (Lipinski definition) is 3. The van der Waals surface area contributed by atoms with Crippen molar-refractivity contribution in [2.75, 3.05) is 45.4 Å². The standard InChI is InChI=1S/C14H31N3OS.HI/c1-4-5-11-18-12-8-10-17-14(15-2)16-9-6-7-13-19-3;/h4-13H2,1-3H3,(H2,15,16,17);1H. The van der Waals surface area contributed by atoms with Gasteiger partial charge in [-0.2, -0.15) is 11.8 Å². The highest BCUT2D eigenvalue weighted by molar-refractivity contribution is 14.0. The first-order chi connectivity index (χ1) is 9.35. The molecule has 0 aliphatic heterocycles. The van der Waals surface area contributed by atoms with Crippen molar-refractivity contribution in [3.8, 4) is 0 Å². The van der Waals surface area contributed by atoms with E-state index < -0.39 is 0 Å². The smallest absolute Gasteiger partial charge is 0.190 e. The Balaban J connectivity index is 0. The number of nitrogens with zero attached hydrogens (tertiary/aromatic N) is 1. The van der Waals surface area contributed by atoms with Crippen LogP contribution in [0.4, 0.5) is 0 Å². The summed E-state index contributed by atoms with van der Waals surface area (Å²) in [5.41, 5.74) is 0. The molecule has 0 aliphatic rings. The fraction of sp³-hybridized carbons (Fsp3) is 0.929. The van der Waals surface area contributed by atoms with Gasteiger partial charge >= 0.3 is 0 Å². The van der Waals surface area contributed by atoms with Gasteiger partial charge in [-0.15, -0.1) is 24.0 Å². The predicted octanol–water partition coefficient (Wildman–Crippen LogP) is 3.12. The first kappa shape index (κ1) is 22.6. The molecule has 0 bridgehead atoms. The Labute approximate surface area is 146 Å². The van der Waals surface area contributed by atoms with Gasteiger partial charge in [-0.25, -0.2) is 0 Å². The molecule has 0 aromatic carbocycles. The first-order valence-corrected chi connectivity index (χ1v) is 8.75. The lowest BCUT2D eigenvalue weighted by Gasteiger charge is -2.11. The summed E-state index contributed by atoms with van der Waals surface area (Å²) in [4.78, 5) is 4.20. The number of unbranched alkanes of at least 4 members (excludes halogenated alkanes) is 2. The number of guanidine groups is 1. The largest absolute Gasteiger partial charge is 0.381 e. The maximum Gasteiger partial charge on any atom is 0.190 e. The van der Waals surface area contributed by atoms with Gasteiger partial charge in [0.1, 0.15) is 0 Å². The zero-order chi connectivity index (χ0) is 14.2. The van der Waals surface area contributed by atoms with Crippen molar-refractivity contribution in [1.82, 2.24) is 10.6 Å². The molecule has 20 heavy (non-hydrogen) atoms. The highest BCUT2D eigenvalue weighted by atomic mass is 127. The van der Waals surface area contributed by atoms with Crippen LogP contribution < -0.4 is 10.6 Å².